The van der Waals surface area contributed by atoms with Crippen LogP contribution < -0.4 is 5.73 Å². The molecule has 1 atom stereocenters. The molecular formula is C10H11BrClN. The van der Waals surface area contributed by atoms with E-state index in [0.29, 0.717) is 0 Å². The van der Waals surface area contributed by atoms with Crippen molar-refractivity contribution in [2.45, 2.75) is 13.0 Å². The van der Waals surface area contributed by atoms with Crippen LogP contribution in [0.25, 0.3) is 6.08 Å². The summed E-state index contributed by atoms with van der Waals surface area (Å²) >= 11 is 9.33. The first-order valence-corrected chi connectivity index (χ1v) is 5.15. The maximum absolute atomic E-state index is 5.99. The lowest BCUT2D eigenvalue weighted by molar-refractivity contribution is 0.931. The average molecular weight is 261 g/mol. The number of hydrogen-bond acceptors (Lipinski definition) is 1. The Balaban J connectivity index is 2.90. The highest BCUT2D eigenvalue weighted by Gasteiger charge is 1.96. The largest absolute Gasteiger partial charge is 0.325 e. The Bertz CT molecular complexity index is 321. The summed E-state index contributed by atoms with van der Waals surface area (Å²) in [5, 5.41) is 0.728. The number of halogens is 2. The SMILES string of the molecule is CC(N)/C=C/c1ccc(Br)cc1Cl. The molecule has 0 saturated carbocycles. The molecule has 0 aliphatic heterocycles. The third-order valence-electron chi connectivity index (χ3n) is 1.54. The van der Waals surface area contributed by atoms with Crippen LogP contribution >= 0.6 is 27.5 Å². The molecule has 0 saturated heterocycles. The van der Waals surface area contributed by atoms with E-state index in [2.05, 4.69) is 15.9 Å². The van der Waals surface area contributed by atoms with Gasteiger partial charge in [-0.15, -0.1) is 0 Å². The molecule has 1 aromatic carbocycles. The van der Waals surface area contributed by atoms with Gasteiger partial charge in [-0.1, -0.05) is 45.7 Å². The molecular weight excluding hydrogens is 249 g/mol. The van der Waals surface area contributed by atoms with Crippen LogP contribution in [-0.4, -0.2) is 6.04 Å². The Hall–Kier alpha value is -0.310. The summed E-state index contributed by atoms with van der Waals surface area (Å²) in [6.45, 7) is 1.92. The van der Waals surface area contributed by atoms with Crippen LogP contribution in [-0.2, 0) is 0 Å². The maximum Gasteiger partial charge on any atom is 0.0489 e. The number of benzene rings is 1. The molecule has 1 rings (SSSR count). The van der Waals surface area contributed by atoms with E-state index in [1.54, 1.807) is 0 Å². The smallest absolute Gasteiger partial charge is 0.0489 e. The lowest BCUT2D eigenvalue weighted by Crippen LogP contribution is -2.09. The molecule has 2 N–H and O–H groups in total. The van der Waals surface area contributed by atoms with Gasteiger partial charge in [-0.2, -0.15) is 0 Å². The first-order chi connectivity index (χ1) is 6.09. The summed E-state index contributed by atoms with van der Waals surface area (Å²) in [6, 6.07) is 5.82. The van der Waals surface area contributed by atoms with Crippen LogP contribution in [0.4, 0.5) is 0 Å². The van der Waals surface area contributed by atoms with E-state index in [1.807, 2.05) is 37.3 Å². The zero-order valence-corrected chi connectivity index (χ0v) is 9.64. The van der Waals surface area contributed by atoms with Crippen LogP contribution in [0.3, 0.4) is 0 Å². The summed E-state index contributed by atoms with van der Waals surface area (Å²) in [4.78, 5) is 0. The van der Waals surface area contributed by atoms with Crippen molar-refractivity contribution in [3.8, 4) is 0 Å². The molecule has 1 aromatic rings. The normalized spacial score (nSPS) is 13.5. The molecule has 0 aromatic heterocycles. The molecule has 0 fully saturated rings. The summed E-state index contributed by atoms with van der Waals surface area (Å²) < 4.78 is 0.982. The lowest BCUT2D eigenvalue weighted by Gasteiger charge is -1.99. The summed E-state index contributed by atoms with van der Waals surface area (Å²) in [5.74, 6) is 0. The van der Waals surface area contributed by atoms with Crippen molar-refractivity contribution >= 4 is 33.6 Å². The fraction of sp³-hybridized carbons (Fsp3) is 0.200. The fourth-order valence-electron chi connectivity index (χ4n) is 0.892. The van der Waals surface area contributed by atoms with Gasteiger partial charge in [-0.3, -0.25) is 0 Å². The van der Waals surface area contributed by atoms with Crippen molar-refractivity contribution in [2.24, 2.45) is 5.73 Å². The van der Waals surface area contributed by atoms with E-state index in [-0.39, 0.29) is 6.04 Å². The van der Waals surface area contributed by atoms with E-state index in [0.717, 1.165) is 15.1 Å². The predicted molar refractivity (Wildman–Crippen MR) is 61.8 cm³/mol. The van der Waals surface area contributed by atoms with Crippen molar-refractivity contribution in [3.63, 3.8) is 0 Å². The highest BCUT2D eigenvalue weighted by molar-refractivity contribution is 9.10. The molecule has 0 aliphatic rings. The number of nitrogens with two attached hydrogens (primary N) is 1. The van der Waals surface area contributed by atoms with Gasteiger partial charge in [-0.05, 0) is 24.6 Å². The fourth-order valence-corrected chi connectivity index (χ4v) is 1.63. The Morgan fingerprint density at radius 3 is 2.77 bits per heavy atom. The second kappa shape index (κ2) is 4.80. The molecule has 0 heterocycles. The second-order valence-corrected chi connectivity index (χ2v) is 4.21. The van der Waals surface area contributed by atoms with Gasteiger partial charge in [0.25, 0.3) is 0 Å². The zero-order valence-electron chi connectivity index (χ0n) is 7.30. The third-order valence-corrected chi connectivity index (χ3v) is 2.36. The Labute approximate surface area is 91.7 Å². The van der Waals surface area contributed by atoms with Gasteiger partial charge in [0.2, 0.25) is 0 Å². The van der Waals surface area contributed by atoms with Crippen molar-refractivity contribution in [2.75, 3.05) is 0 Å². The maximum atomic E-state index is 5.99. The minimum Gasteiger partial charge on any atom is -0.325 e. The van der Waals surface area contributed by atoms with Gasteiger partial charge in [-0.25, -0.2) is 0 Å². The Morgan fingerprint density at radius 1 is 1.54 bits per heavy atom. The van der Waals surface area contributed by atoms with Gasteiger partial charge in [0.1, 0.15) is 0 Å². The van der Waals surface area contributed by atoms with Gasteiger partial charge >= 0.3 is 0 Å². The molecule has 0 aliphatic carbocycles. The van der Waals surface area contributed by atoms with E-state index < -0.39 is 0 Å². The predicted octanol–water partition coefficient (Wildman–Crippen LogP) is 3.46. The summed E-state index contributed by atoms with van der Waals surface area (Å²) in [5.41, 5.74) is 6.57. The Kier molecular flexibility index (Phi) is 3.97. The number of rotatable bonds is 2. The second-order valence-electron chi connectivity index (χ2n) is 2.88. The highest BCUT2D eigenvalue weighted by atomic mass is 79.9. The first kappa shape index (κ1) is 10.8. The highest BCUT2D eigenvalue weighted by Crippen LogP contribution is 2.22. The van der Waals surface area contributed by atoms with Gasteiger partial charge in [0, 0.05) is 15.5 Å². The molecule has 0 amide bonds. The van der Waals surface area contributed by atoms with Crippen LogP contribution in [0.1, 0.15) is 12.5 Å². The van der Waals surface area contributed by atoms with Crippen LogP contribution in [0.2, 0.25) is 5.02 Å². The van der Waals surface area contributed by atoms with Crippen molar-refractivity contribution in [1.29, 1.82) is 0 Å². The molecule has 3 heteroatoms. The average Bonchev–Trinajstić information content (AvgIpc) is 2.02. The minimum atomic E-state index is 0.0553. The topological polar surface area (TPSA) is 26.0 Å². The van der Waals surface area contributed by atoms with Crippen LogP contribution in [0.15, 0.2) is 28.7 Å². The standard InChI is InChI=1S/C10H11BrClN/c1-7(13)2-3-8-4-5-9(11)6-10(8)12/h2-7H,13H2,1H3/b3-2+. The van der Waals surface area contributed by atoms with Gasteiger partial charge in [0.15, 0.2) is 0 Å². The first-order valence-electron chi connectivity index (χ1n) is 3.98. The van der Waals surface area contributed by atoms with Gasteiger partial charge in [0.05, 0.1) is 0 Å². The quantitative estimate of drug-likeness (QED) is 0.866. The van der Waals surface area contributed by atoms with E-state index in [4.69, 9.17) is 17.3 Å². The molecule has 0 spiro atoms. The molecule has 70 valence electrons. The zero-order chi connectivity index (χ0) is 9.84. The monoisotopic (exact) mass is 259 g/mol. The van der Waals surface area contributed by atoms with Crippen molar-refractivity contribution in [3.05, 3.63) is 39.3 Å². The van der Waals surface area contributed by atoms with E-state index >= 15 is 0 Å². The lowest BCUT2D eigenvalue weighted by atomic mass is 10.2. The molecule has 1 unspecified atom stereocenters. The Morgan fingerprint density at radius 2 is 2.23 bits per heavy atom. The van der Waals surface area contributed by atoms with Crippen molar-refractivity contribution < 1.29 is 0 Å². The summed E-state index contributed by atoms with van der Waals surface area (Å²) in [7, 11) is 0. The minimum absolute atomic E-state index is 0.0553. The molecule has 13 heavy (non-hydrogen) atoms. The molecule has 0 bridgehead atoms. The molecule has 1 nitrogen and oxygen atoms in total. The van der Waals surface area contributed by atoms with E-state index in [9.17, 15) is 0 Å². The van der Waals surface area contributed by atoms with E-state index in [1.165, 1.54) is 0 Å². The van der Waals surface area contributed by atoms with Gasteiger partial charge < -0.3 is 5.73 Å². The molecule has 0 radical (unpaired) electrons. The third kappa shape index (κ3) is 3.51. The van der Waals surface area contributed by atoms with Crippen molar-refractivity contribution in [1.82, 2.24) is 0 Å². The summed E-state index contributed by atoms with van der Waals surface area (Å²) in [6.07, 6.45) is 3.84. The number of hydrogen-bond donors (Lipinski definition) is 1. The van der Waals surface area contributed by atoms with Crippen LogP contribution in [0.5, 0.6) is 0 Å². The van der Waals surface area contributed by atoms with Crippen LogP contribution in [0, 0.1) is 0 Å².